The van der Waals surface area contributed by atoms with E-state index in [1.165, 1.54) is 16.8 Å². The molecule has 0 bridgehead atoms. The first-order valence-corrected chi connectivity index (χ1v) is 7.14. The predicted octanol–water partition coefficient (Wildman–Crippen LogP) is 1.73. The third kappa shape index (κ3) is 3.69. The van der Waals surface area contributed by atoms with Crippen molar-refractivity contribution in [2.45, 2.75) is 33.6 Å². The molecule has 0 radical (unpaired) electrons. The lowest BCUT2D eigenvalue weighted by atomic mass is 10.2. The molecule has 0 saturated heterocycles. The first-order chi connectivity index (χ1) is 10.5. The highest BCUT2D eigenvalue weighted by Gasteiger charge is 2.12. The van der Waals surface area contributed by atoms with Crippen molar-refractivity contribution in [1.29, 1.82) is 0 Å². The second-order valence-corrected chi connectivity index (χ2v) is 4.88. The third-order valence-corrected chi connectivity index (χ3v) is 2.89. The van der Waals surface area contributed by atoms with Gasteiger partial charge in [-0.05, 0) is 26.3 Å². The third-order valence-electron chi connectivity index (χ3n) is 2.89. The van der Waals surface area contributed by atoms with Crippen molar-refractivity contribution in [1.82, 2.24) is 19.7 Å². The zero-order chi connectivity index (χ0) is 16.1. The molecule has 0 aliphatic rings. The maximum absolute atomic E-state index is 11.8. The van der Waals surface area contributed by atoms with E-state index in [-0.39, 0.29) is 11.5 Å². The minimum absolute atomic E-state index is 0.243. The summed E-state index contributed by atoms with van der Waals surface area (Å²) in [4.78, 5) is 30.5. The van der Waals surface area contributed by atoms with Crippen LogP contribution in [-0.4, -0.2) is 25.7 Å². The van der Waals surface area contributed by atoms with Gasteiger partial charge in [0.15, 0.2) is 0 Å². The Hall–Kier alpha value is -2.70. The van der Waals surface area contributed by atoms with Crippen LogP contribution in [0.2, 0.25) is 0 Å². The molecule has 2 aromatic rings. The van der Waals surface area contributed by atoms with Crippen LogP contribution in [0.5, 0.6) is 0 Å². The molecule has 0 aliphatic heterocycles. The summed E-state index contributed by atoms with van der Waals surface area (Å²) in [5.41, 5.74) is 1.16. The highest BCUT2D eigenvalue weighted by molar-refractivity contribution is 5.98. The van der Waals surface area contributed by atoms with E-state index in [9.17, 15) is 9.59 Å². The number of aryl methyl sites for hydroxylation is 2. The number of carbonyl (C=O) groups is 1. The summed E-state index contributed by atoms with van der Waals surface area (Å²) in [7, 11) is 0. The number of carbonyl (C=O) groups excluding carboxylic acids is 1. The minimum atomic E-state index is -0.268. The molecule has 0 fully saturated rings. The zero-order valence-electron chi connectivity index (χ0n) is 12.9. The Kier molecular flexibility index (Phi) is 4.88. The van der Waals surface area contributed by atoms with Gasteiger partial charge in [0.25, 0.3) is 5.56 Å². The molecule has 1 amide bonds. The SMILES string of the molecule is C/C=C/C(=O)Nc1cc(C)nn1-c1nc(CCC)cc(=O)[nH]1. The number of allylic oxidation sites excluding steroid dienone is 1. The molecule has 0 unspecified atom stereocenters. The summed E-state index contributed by atoms with van der Waals surface area (Å²) in [5.74, 6) is 0.480. The van der Waals surface area contributed by atoms with Gasteiger partial charge in [0.2, 0.25) is 11.9 Å². The molecule has 116 valence electrons. The number of nitrogens with one attached hydrogen (secondary N) is 2. The lowest BCUT2D eigenvalue weighted by Crippen LogP contribution is -2.18. The van der Waals surface area contributed by atoms with Crippen LogP contribution < -0.4 is 10.9 Å². The number of aromatic amines is 1. The molecule has 0 saturated carbocycles. The average molecular weight is 301 g/mol. The number of aromatic nitrogens is 4. The topological polar surface area (TPSA) is 92.7 Å². The van der Waals surface area contributed by atoms with Crippen molar-refractivity contribution in [2.75, 3.05) is 5.32 Å². The van der Waals surface area contributed by atoms with Crippen LogP contribution in [0.25, 0.3) is 5.95 Å². The molecule has 2 heterocycles. The summed E-state index contributed by atoms with van der Waals surface area (Å²) in [6.45, 7) is 5.58. The Morgan fingerprint density at radius 2 is 2.23 bits per heavy atom. The van der Waals surface area contributed by atoms with Crippen LogP contribution in [-0.2, 0) is 11.2 Å². The molecule has 7 nitrogen and oxygen atoms in total. The van der Waals surface area contributed by atoms with E-state index in [4.69, 9.17) is 0 Å². The van der Waals surface area contributed by atoms with E-state index in [1.54, 1.807) is 26.0 Å². The van der Waals surface area contributed by atoms with Gasteiger partial charge in [-0.15, -0.1) is 0 Å². The van der Waals surface area contributed by atoms with Crippen molar-refractivity contribution in [3.05, 3.63) is 46.0 Å². The minimum Gasteiger partial charge on any atom is -0.307 e. The molecule has 7 heteroatoms. The molecule has 2 aromatic heterocycles. The standard InChI is InChI=1S/C15H19N5O2/c1-4-6-11-9-14(22)18-15(16-11)20-12(8-10(3)19-20)17-13(21)7-5-2/h5,7-9H,4,6H2,1-3H3,(H,17,21)(H,16,18,22)/b7-5+. The Labute approximate surface area is 128 Å². The number of amides is 1. The van der Waals surface area contributed by atoms with Gasteiger partial charge in [0, 0.05) is 17.8 Å². The number of anilines is 1. The number of hydrogen-bond donors (Lipinski definition) is 2. The highest BCUT2D eigenvalue weighted by atomic mass is 16.1. The smallest absolute Gasteiger partial charge is 0.252 e. The van der Waals surface area contributed by atoms with E-state index in [0.717, 1.165) is 6.42 Å². The molecular weight excluding hydrogens is 282 g/mol. The number of hydrogen-bond acceptors (Lipinski definition) is 4. The van der Waals surface area contributed by atoms with Crippen LogP contribution in [0.4, 0.5) is 5.82 Å². The van der Waals surface area contributed by atoms with Crippen LogP contribution in [0, 0.1) is 6.92 Å². The fraction of sp³-hybridized carbons (Fsp3) is 0.333. The lowest BCUT2D eigenvalue weighted by molar-refractivity contribution is -0.111. The Morgan fingerprint density at radius 1 is 1.45 bits per heavy atom. The summed E-state index contributed by atoms with van der Waals surface area (Å²) < 4.78 is 1.43. The van der Waals surface area contributed by atoms with E-state index in [2.05, 4.69) is 20.4 Å². The Balaban J connectivity index is 2.44. The van der Waals surface area contributed by atoms with Crippen molar-refractivity contribution in [2.24, 2.45) is 0 Å². The van der Waals surface area contributed by atoms with E-state index < -0.39 is 0 Å². The second kappa shape index (κ2) is 6.84. The average Bonchev–Trinajstić information content (AvgIpc) is 2.79. The summed E-state index contributed by atoms with van der Waals surface area (Å²) in [6, 6.07) is 3.19. The maximum Gasteiger partial charge on any atom is 0.252 e. The Bertz CT molecular complexity index is 758. The molecule has 0 aliphatic carbocycles. The number of H-pyrrole nitrogens is 1. The normalized spacial score (nSPS) is 11.0. The predicted molar refractivity (Wildman–Crippen MR) is 84.2 cm³/mol. The molecule has 22 heavy (non-hydrogen) atoms. The zero-order valence-corrected chi connectivity index (χ0v) is 12.9. The van der Waals surface area contributed by atoms with Gasteiger partial charge in [0.05, 0.1) is 5.69 Å². The fourth-order valence-electron chi connectivity index (χ4n) is 2.05. The van der Waals surface area contributed by atoms with E-state index in [1.807, 2.05) is 6.92 Å². The molecule has 0 atom stereocenters. The van der Waals surface area contributed by atoms with Crippen LogP contribution in [0.15, 0.2) is 29.1 Å². The monoisotopic (exact) mass is 301 g/mol. The summed E-state index contributed by atoms with van der Waals surface area (Å²) in [6.07, 6.45) is 4.65. The van der Waals surface area contributed by atoms with E-state index in [0.29, 0.717) is 29.6 Å². The van der Waals surface area contributed by atoms with E-state index >= 15 is 0 Å². The fourth-order valence-corrected chi connectivity index (χ4v) is 2.05. The Morgan fingerprint density at radius 3 is 2.91 bits per heavy atom. The van der Waals surface area contributed by atoms with Crippen molar-refractivity contribution < 1.29 is 4.79 Å². The molecule has 2 rings (SSSR count). The summed E-state index contributed by atoms with van der Waals surface area (Å²) in [5, 5.41) is 7.00. The number of nitrogens with zero attached hydrogens (tertiary/aromatic N) is 3. The van der Waals surface area contributed by atoms with Crippen molar-refractivity contribution >= 4 is 11.7 Å². The lowest BCUT2D eigenvalue weighted by Gasteiger charge is -2.07. The van der Waals surface area contributed by atoms with Gasteiger partial charge >= 0.3 is 0 Å². The quantitative estimate of drug-likeness (QED) is 0.823. The summed E-state index contributed by atoms with van der Waals surface area (Å²) >= 11 is 0. The first-order valence-electron chi connectivity index (χ1n) is 7.14. The first kappa shape index (κ1) is 15.7. The molecule has 0 spiro atoms. The van der Waals surface area contributed by atoms with Gasteiger partial charge in [-0.25, -0.2) is 4.98 Å². The van der Waals surface area contributed by atoms with Gasteiger partial charge in [0.1, 0.15) is 5.82 Å². The molecular formula is C15H19N5O2. The molecule has 0 aromatic carbocycles. The highest BCUT2D eigenvalue weighted by Crippen LogP contribution is 2.14. The van der Waals surface area contributed by atoms with Crippen LogP contribution >= 0.6 is 0 Å². The molecule has 2 N–H and O–H groups in total. The number of rotatable bonds is 5. The van der Waals surface area contributed by atoms with Gasteiger partial charge in [-0.1, -0.05) is 19.4 Å². The largest absolute Gasteiger partial charge is 0.307 e. The van der Waals surface area contributed by atoms with Crippen LogP contribution in [0.3, 0.4) is 0 Å². The van der Waals surface area contributed by atoms with Crippen LogP contribution in [0.1, 0.15) is 31.7 Å². The van der Waals surface area contributed by atoms with Gasteiger partial charge < -0.3 is 5.32 Å². The second-order valence-electron chi connectivity index (χ2n) is 4.88. The van der Waals surface area contributed by atoms with Gasteiger partial charge in [-0.2, -0.15) is 9.78 Å². The van der Waals surface area contributed by atoms with Crippen molar-refractivity contribution in [3.8, 4) is 5.95 Å². The van der Waals surface area contributed by atoms with Crippen molar-refractivity contribution in [3.63, 3.8) is 0 Å². The van der Waals surface area contributed by atoms with Gasteiger partial charge in [-0.3, -0.25) is 14.6 Å². The maximum atomic E-state index is 11.8.